The molecule has 1 aliphatic carbocycles. The van der Waals surface area contributed by atoms with Crippen LogP contribution in [-0.4, -0.2) is 42.5 Å². The lowest BCUT2D eigenvalue weighted by Gasteiger charge is -2.42. The third kappa shape index (κ3) is 2.63. The fraction of sp³-hybridized carbons (Fsp3) is 0.750. The van der Waals surface area contributed by atoms with Crippen LogP contribution < -0.4 is 5.73 Å². The number of methoxy groups -OCH3 is 1. The molecule has 0 heterocycles. The van der Waals surface area contributed by atoms with Crippen LogP contribution in [0, 0.1) is 11.3 Å². The van der Waals surface area contributed by atoms with E-state index in [9.17, 15) is 9.59 Å². The quantitative estimate of drug-likeness (QED) is 0.589. The smallest absolute Gasteiger partial charge is 0.310 e. The number of esters is 1. The fourth-order valence-corrected chi connectivity index (χ4v) is 2.52. The van der Waals surface area contributed by atoms with Gasteiger partial charge in [0.05, 0.1) is 23.4 Å². The van der Waals surface area contributed by atoms with Crippen molar-refractivity contribution in [3.05, 3.63) is 0 Å². The van der Waals surface area contributed by atoms with Crippen molar-refractivity contribution in [2.45, 2.75) is 26.2 Å². The number of nitrogens with two attached hydrogens (primary N) is 1. The summed E-state index contributed by atoms with van der Waals surface area (Å²) in [6.45, 7) is 2.04. The zero-order chi connectivity index (χ0) is 13.9. The molecule has 0 bridgehead atoms. The second kappa shape index (κ2) is 5.65. The van der Waals surface area contributed by atoms with Crippen molar-refractivity contribution in [3.63, 3.8) is 0 Å². The molecule has 6 heteroatoms. The van der Waals surface area contributed by atoms with Crippen LogP contribution in [-0.2, 0) is 14.3 Å². The zero-order valence-corrected chi connectivity index (χ0v) is 11.9. The minimum atomic E-state index is -0.681. The van der Waals surface area contributed by atoms with Crippen LogP contribution in [0.25, 0.3) is 0 Å². The van der Waals surface area contributed by atoms with E-state index in [0.717, 1.165) is 6.42 Å². The van der Waals surface area contributed by atoms with Crippen molar-refractivity contribution in [1.82, 2.24) is 4.90 Å². The Balaban J connectivity index is 2.67. The van der Waals surface area contributed by atoms with E-state index in [1.807, 2.05) is 0 Å². The lowest BCUT2D eigenvalue weighted by Crippen LogP contribution is -2.54. The Labute approximate surface area is 113 Å². The van der Waals surface area contributed by atoms with Gasteiger partial charge in [0.25, 0.3) is 0 Å². The molecule has 18 heavy (non-hydrogen) atoms. The van der Waals surface area contributed by atoms with Crippen LogP contribution in [0.1, 0.15) is 26.2 Å². The number of rotatable bonds is 5. The minimum Gasteiger partial charge on any atom is -0.469 e. The lowest BCUT2D eigenvalue weighted by molar-refractivity contribution is -0.148. The predicted octanol–water partition coefficient (Wildman–Crippen LogP) is 0.710. The highest BCUT2D eigenvalue weighted by molar-refractivity contribution is 7.80. The molecule has 0 spiro atoms. The number of hydrogen-bond donors (Lipinski definition) is 1. The third-order valence-electron chi connectivity index (χ3n) is 3.59. The van der Waals surface area contributed by atoms with Crippen molar-refractivity contribution in [3.8, 4) is 0 Å². The lowest BCUT2D eigenvalue weighted by atomic mass is 9.67. The SMILES string of the molecule is COC(=O)C(C)CN(C)C(=O)C1(C(N)=S)CCC1. The molecular formula is C12H20N2O3S. The average Bonchev–Trinajstić information content (AvgIpc) is 2.25. The van der Waals surface area contributed by atoms with Crippen LogP contribution in [0.5, 0.6) is 0 Å². The summed E-state index contributed by atoms with van der Waals surface area (Å²) in [4.78, 5) is 25.5. The molecule has 0 aliphatic heterocycles. The highest BCUT2D eigenvalue weighted by Crippen LogP contribution is 2.42. The number of carbonyl (C=O) groups is 2. The molecule has 0 radical (unpaired) electrons. The van der Waals surface area contributed by atoms with Crippen molar-refractivity contribution < 1.29 is 14.3 Å². The number of carbonyl (C=O) groups excluding carboxylic acids is 2. The normalized spacial score (nSPS) is 18.4. The maximum atomic E-state index is 12.3. The summed E-state index contributed by atoms with van der Waals surface area (Å²) in [5.41, 5.74) is 5.00. The van der Waals surface area contributed by atoms with E-state index < -0.39 is 5.41 Å². The van der Waals surface area contributed by atoms with E-state index in [4.69, 9.17) is 18.0 Å². The Morgan fingerprint density at radius 1 is 1.50 bits per heavy atom. The Morgan fingerprint density at radius 2 is 2.06 bits per heavy atom. The van der Waals surface area contributed by atoms with E-state index in [1.54, 1.807) is 14.0 Å². The molecule has 0 saturated heterocycles. The number of thiocarbonyl (C=S) groups is 1. The van der Waals surface area contributed by atoms with Gasteiger partial charge < -0.3 is 15.4 Å². The van der Waals surface area contributed by atoms with Gasteiger partial charge in [0.1, 0.15) is 0 Å². The van der Waals surface area contributed by atoms with Crippen LogP contribution in [0.4, 0.5) is 0 Å². The molecule has 1 saturated carbocycles. The molecular weight excluding hydrogens is 252 g/mol. The number of nitrogens with zero attached hydrogens (tertiary/aromatic N) is 1. The van der Waals surface area contributed by atoms with E-state index >= 15 is 0 Å². The summed E-state index contributed by atoms with van der Waals surface area (Å²) < 4.78 is 4.64. The van der Waals surface area contributed by atoms with Gasteiger partial charge in [0.15, 0.2) is 0 Å². The second-order valence-corrected chi connectivity index (χ2v) is 5.35. The first kappa shape index (κ1) is 14.9. The first-order chi connectivity index (χ1) is 8.35. The maximum Gasteiger partial charge on any atom is 0.310 e. The Kier molecular flexibility index (Phi) is 4.67. The zero-order valence-electron chi connectivity index (χ0n) is 11.1. The van der Waals surface area contributed by atoms with Gasteiger partial charge >= 0.3 is 5.97 Å². The van der Waals surface area contributed by atoms with Crippen LogP contribution >= 0.6 is 12.2 Å². The fourth-order valence-electron chi connectivity index (χ4n) is 2.23. The van der Waals surface area contributed by atoms with E-state index in [-0.39, 0.29) is 22.8 Å². The van der Waals surface area contributed by atoms with Crippen LogP contribution in [0.3, 0.4) is 0 Å². The molecule has 1 fully saturated rings. The predicted molar refractivity (Wildman–Crippen MR) is 71.9 cm³/mol. The summed E-state index contributed by atoms with van der Waals surface area (Å²) in [7, 11) is 3.00. The molecule has 1 rings (SSSR count). The summed E-state index contributed by atoms with van der Waals surface area (Å²) in [5, 5.41) is 0. The van der Waals surface area contributed by atoms with Gasteiger partial charge in [-0.1, -0.05) is 25.6 Å². The highest BCUT2D eigenvalue weighted by atomic mass is 32.1. The molecule has 0 aromatic heterocycles. The first-order valence-corrected chi connectivity index (χ1v) is 6.39. The second-order valence-electron chi connectivity index (χ2n) is 4.91. The van der Waals surface area contributed by atoms with Crippen molar-refractivity contribution in [1.29, 1.82) is 0 Å². The average molecular weight is 272 g/mol. The van der Waals surface area contributed by atoms with Gasteiger partial charge in [0, 0.05) is 13.6 Å². The topological polar surface area (TPSA) is 72.6 Å². The maximum absolute atomic E-state index is 12.3. The van der Waals surface area contributed by atoms with Crippen molar-refractivity contribution in [2.24, 2.45) is 17.1 Å². The molecule has 102 valence electrons. The Morgan fingerprint density at radius 3 is 2.39 bits per heavy atom. The molecule has 2 N–H and O–H groups in total. The van der Waals surface area contributed by atoms with Gasteiger partial charge in [-0.3, -0.25) is 9.59 Å². The largest absolute Gasteiger partial charge is 0.469 e. The van der Waals surface area contributed by atoms with Gasteiger partial charge in [-0.2, -0.15) is 0 Å². The minimum absolute atomic E-state index is 0.0861. The van der Waals surface area contributed by atoms with Gasteiger partial charge in [-0.05, 0) is 12.8 Å². The first-order valence-electron chi connectivity index (χ1n) is 5.98. The molecule has 1 aliphatic rings. The van der Waals surface area contributed by atoms with E-state index in [2.05, 4.69) is 4.74 Å². The Bertz CT molecular complexity index is 366. The van der Waals surface area contributed by atoms with Crippen LogP contribution in [0.2, 0.25) is 0 Å². The summed E-state index contributed by atoms with van der Waals surface area (Å²) >= 11 is 5.00. The molecule has 1 unspecified atom stereocenters. The third-order valence-corrected chi connectivity index (χ3v) is 3.98. The van der Waals surface area contributed by atoms with Crippen molar-refractivity contribution in [2.75, 3.05) is 20.7 Å². The van der Waals surface area contributed by atoms with Gasteiger partial charge in [0.2, 0.25) is 5.91 Å². The monoisotopic (exact) mass is 272 g/mol. The molecule has 1 amide bonds. The molecule has 0 aromatic rings. The highest BCUT2D eigenvalue weighted by Gasteiger charge is 2.48. The molecule has 5 nitrogen and oxygen atoms in total. The summed E-state index contributed by atoms with van der Waals surface area (Å²) in [6, 6.07) is 0. The van der Waals surface area contributed by atoms with Gasteiger partial charge in [-0.25, -0.2) is 0 Å². The summed E-state index contributed by atoms with van der Waals surface area (Å²) in [5.74, 6) is -0.767. The van der Waals surface area contributed by atoms with E-state index in [1.165, 1.54) is 12.0 Å². The van der Waals surface area contributed by atoms with Crippen molar-refractivity contribution >= 4 is 29.1 Å². The number of ether oxygens (including phenoxy) is 1. The number of amides is 1. The van der Waals surface area contributed by atoms with Gasteiger partial charge in [-0.15, -0.1) is 0 Å². The van der Waals surface area contributed by atoms with Crippen LogP contribution in [0.15, 0.2) is 0 Å². The number of hydrogen-bond acceptors (Lipinski definition) is 4. The standard InChI is InChI=1S/C12H20N2O3S/c1-8(9(15)17-3)7-14(2)11(16)12(10(13)18)5-4-6-12/h8H,4-7H2,1-3H3,(H2,13,18). The molecule has 0 aromatic carbocycles. The van der Waals surface area contributed by atoms with E-state index in [0.29, 0.717) is 19.4 Å². The summed E-state index contributed by atoms with van der Waals surface area (Å²) in [6.07, 6.45) is 2.37. The molecule has 1 atom stereocenters. The Hall–Kier alpha value is -1.17.